The third-order valence-corrected chi connectivity index (χ3v) is 2.74. The Kier molecular flexibility index (Phi) is 6.36. The van der Waals surface area contributed by atoms with Crippen LogP contribution in [0.15, 0.2) is 18.2 Å². The van der Waals surface area contributed by atoms with E-state index in [1.165, 1.54) is 18.1 Å². The Labute approximate surface area is 115 Å². The van der Waals surface area contributed by atoms with Crippen LogP contribution in [0, 0.1) is 6.92 Å². The highest BCUT2D eigenvalue weighted by Gasteiger charge is 2.04. The number of hydrogen-bond donors (Lipinski definition) is 1. The lowest BCUT2D eigenvalue weighted by molar-refractivity contribution is -0.131. The molecule has 4 nitrogen and oxygen atoms in total. The summed E-state index contributed by atoms with van der Waals surface area (Å²) in [6.45, 7) is 8.89. The molecule has 0 heterocycles. The van der Waals surface area contributed by atoms with Gasteiger partial charge < -0.3 is 4.74 Å². The summed E-state index contributed by atoms with van der Waals surface area (Å²) in [6, 6.07) is 6.17. The summed E-state index contributed by atoms with van der Waals surface area (Å²) in [5, 5.41) is 0. The first-order valence-electron chi connectivity index (χ1n) is 6.62. The number of aryl methyl sites for hydroxylation is 1. The number of ether oxygens (including phenoxy) is 1. The molecule has 4 heteroatoms. The molecule has 1 amide bonds. The molecule has 0 bridgehead atoms. The van der Waals surface area contributed by atoms with Gasteiger partial charge >= 0.3 is 0 Å². The van der Waals surface area contributed by atoms with Gasteiger partial charge in [-0.15, -0.1) is 0 Å². The predicted molar refractivity (Wildman–Crippen MR) is 75.1 cm³/mol. The second kappa shape index (κ2) is 7.79. The highest BCUT2D eigenvalue weighted by Crippen LogP contribution is 2.23. The fraction of sp³-hybridized carbons (Fsp3) is 0.533. The minimum atomic E-state index is -0.194. The molecule has 0 fully saturated rings. The van der Waals surface area contributed by atoms with Crippen LogP contribution in [0.4, 0.5) is 0 Å². The van der Waals surface area contributed by atoms with Gasteiger partial charge in [0.1, 0.15) is 5.75 Å². The fourth-order valence-electron chi connectivity index (χ4n) is 1.86. The van der Waals surface area contributed by atoms with Crippen LogP contribution >= 0.6 is 0 Å². The van der Waals surface area contributed by atoms with Crippen LogP contribution in [0.3, 0.4) is 0 Å². The molecule has 0 unspecified atom stereocenters. The third-order valence-electron chi connectivity index (χ3n) is 2.74. The van der Waals surface area contributed by atoms with Gasteiger partial charge in [0.15, 0.2) is 0 Å². The van der Waals surface area contributed by atoms with Gasteiger partial charge in [-0.2, -0.15) is 0 Å². The van der Waals surface area contributed by atoms with Gasteiger partial charge in [-0.1, -0.05) is 19.9 Å². The van der Waals surface area contributed by atoms with Crippen molar-refractivity contribution in [3.8, 4) is 5.75 Å². The molecular formula is C15H23NO3. The Hall–Kier alpha value is -1.55. The first-order chi connectivity index (χ1) is 9.00. The van der Waals surface area contributed by atoms with Gasteiger partial charge in [-0.05, 0) is 36.1 Å². The highest BCUT2D eigenvalue weighted by atomic mass is 16.6. The Morgan fingerprint density at radius 2 is 2.05 bits per heavy atom. The van der Waals surface area contributed by atoms with Crippen LogP contribution in [0.1, 0.15) is 44.2 Å². The van der Waals surface area contributed by atoms with Crippen molar-refractivity contribution in [1.29, 1.82) is 0 Å². The van der Waals surface area contributed by atoms with E-state index in [2.05, 4.69) is 38.4 Å². The van der Waals surface area contributed by atoms with Crippen LogP contribution in [-0.4, -0.2) is 19.1 Å². The van der Waals surface area contributed by atoms with Gasteiger partial charge in [0.2, 0.25) is 5.91 Å². The number of hydrogen-bond acceptors (Lipinski definition) is 3. The summed E-state index contributed by atoms with van der Waals surface area (Å²) >= 11 is 0. The average Bonchev–Trinajstić information content (AvgIpc) is 2.32. The molecule has 0 aromatic heterocycles. The number of carbonyl (C=O) groups excluding carboxylic acids is 1. The number of rotatable bonds is 7. The molecule has 0 spiro atoms. The molecule has 0 radical (unpaired) electrons. The lowest BCUT2D eigenvalue weighted by Gasteiger charge is -2.12. The van der Waals surface area contributed by atoms with Crippen LogP contribution < -0.4 is 10.2 Å². The molecule has 1 N–H and O–H groups in total. The van der Waals surface area contributed by atoms with Gasteiger partial charge in [0.25, 0.3) is 0 Å². The number of amides is 1. The third kappa shape index (κ3) is 5.75. The highest BCUT2D eigenvalue weighted by molar-refractivity contribution is 5.71. The SMILES string of the molecule is CC(=O)NOCCCOc1ccc(C(C)C)c(C)c1. The van der Waals surface area contributed by atoms with Gasteiger partial charge in [0, 0.05) is 13.3 Å². The number of nitrogens with one attached hydrogen (secondary N) is 1. The maximum absolute atomic E-state index is 10.6. The predicted octanol–water partition coefficient (Wildman–Crippen LogP) is 2.96. The molecule has 106 valence electrons. The number of hydroxylamine groups is 1. The van der Waals surface area contributed by atoms with E-state index in [4.69, 9.17) is 9.57 Å². The van der Waals surface area contributed by atoms with Crippen molar-refractivity contribution < 1.29 is 14.4 Å². The van der Waals surface area contributed by atoms with Crippen molar-refractivity contribution >= 4 is 5.91 Å². The summed E-state index contributed by atoms with van der Waals surface area (Å²) in [5.74, 6) is 1.21. The standard InChI is InChI=1S/C15H23NO3/c1-11(2)15-7-6-14(10-12(15)3)18-8-5-9-19-16-13(4)17/h6-7,10-11H,5,8-9H2,1-4H3,(H,16,17). The molecule has 0 aliphatic rings. The molecular weight excluding hydrogens is 242 g/mol. The zero-order valence-electron chi connectivity index (χ0n) is 12.2. The summed E-state index contributed by atoms with van der Waals surface area (Å²) in [6.07, 6.45) is 0.727. The van der Waals surface area contributed by atoms with E-state index in [9.17, 15) is 4.79 Å². The summed E-state index contributed by atoms with van der Waals surface area (Å²) in [7, 11) is 0. The Balaban J connectivity index is 2.30. The summed E-state index contributed by atoms with van der Waals surface area (Å²) < 4.78 is 5.64. The maximum Gasteiger partial charge on any atom is 0.240 e. The lowest BCUT2D eigenvalue weighted by atomic mass is 9.98. The summed E-state index contributed by atoms with van der Waals surface area (Å²) in [5.41, 5.74) is 4.88. The Morgan fingerprint density at radius 3 is 2.63 bits per heavy atom. The van der Waals surface area contributed by atoms with E-state index in [0.717, 1.165) is 12.2 Å². The van der Waals surface area contributed by atoms with Crippen molar-refractivity contribution in [2.45, 2.75) is 40.0 Å². The quantitative estimate of drug-likeness (QED) is 0.609. The summed E-state index contributed by atoms with van der Waals surface area (Å²) in [4.78, 5) is 15.5. The first kappa shape index (κ1) is 15.5. The number of carbonyl (C=O) groups is 1. The van der Waals surface area contributed by atoms with Gasteiger partial charge in [-0.25, -0.2) is 5.48 Å². The smallest absolute Gasteiger partial charge is 0.240 e. The van der Waals surface area contributed by atoms with E-state index in [1.807, 2.05) is 6.07 Å². The second-order valence-corrected chi connectivity index (χ2v) is 4.88. The first-order valence-corrected chi connectivity index (χ1v) is 6.62. The molecule has 1 aromatic carbocycles. The van der Waals surface area contributed by atoms with Crippen LogP contribution in [0.2, 0.25) is 0 Å². The Morgan fingerprint density at radius 1 is 1.32 bits per heavy atom. The van der Waals surface area contributed by atoms with Crippen molar-refractivity contribution in [3.63, 3.8) is 0 Å². The van der Waals surface area contributed by atoms with Crippen LogP contribution in [0.5, 0.6) is 5.75 Å². The normalized spacial score (nSPS) is 10.6. The van der Waals surface area contributed by atoms with Crippen LogP contribution in [0.25, 0.3) is 0 Å². The second-order valence-electron chi connectivity index (χ2n) is 4.88. The topological polar surface area (TPSA) is 47.6 Å². The zero-order chi connectivity index (χ0) is 14.3. The monoisotopic (exact) mass is 265 g/mol. The van der Waals surface area contributed by atoms with Crippen molar-refractivity contribution in [2.75, 3.05) is 13.2 Å². The average molecular weight is 265 g/mol. The maximum atomic E-state index is 10.6. The van der Waals surface area contributed by atoms with E-state index < -0.39 is 0 Å². The van der Waals surface area contributed by atoms with Crippen molar-refractivity contribution in [3.05, 3.63) is 29.3 Å². The molecule has 0 aliphatic carbocycles. The van der Waals surface area contributed by atoms with Crippen molar-refractivity contribution in [1.82, 2.24) is 5.48 Å². The van der Waals surface area contributed by atoms with Crippen LogP contribution in [-0.2, 0) is 9.63 Å². The molecule has 1 aromatic rings. The van der Waals surface area contributed by atoms with E-state index in [1.54, 1.807) is 0 Å². The Bertz CT molecular complexity index is 416. The molecule has 0 atom stereocenters. The minimum absolute atomic E-state index is 0.194. The molecule has 1 rings (SSSR count). The fourth-order valence-corrected chi connectivity index (χ4v) is 1.86. The van der Waals surface area contributed by atoms with Crippen molar-refractivity contribution in [2.24, 2.45) is 0 Å². The van der Waals surface area contributed by atoms with E-state index in [0.29, 0.717) is 19.1 Å². The van der Waals surface area contributed by atoms with E-state index >= 15 is 0 Å². The molecule has 19 heavy (non-hydrogen) atoms. The molecule has 0 saturated heterocycles. The molecule has 0 saturated carbocycles. The number of benzene rings is 1. The zero-order valence-corrected chi connectivity index (χ0v) is 12.2. The largest absolute Gasteiger partial charge is 0.493 e. The minimum Gasteiger partial charge on any atom is -0.493 e. The van der Waals surface area contributed by atoms with Gasteiger partial charge in [0.05, 0.1) is 13.2 Å². The van der Waals surface area contributed by atoms with E-state index in [-0.39, 0.29) is 5.91 Å². The van der Waals surface area contributed by atoms with Gasteiger partial charge in [-0.3, -0.25) is 9.63 Å². The molecule has 0 aliphatic heterocycles. The lowest BCUT2D eigenvalue weighted by Crippen LogP contribution is -2.21.